The standard InChI is InChI=1S/C19H21N3O6/c1-14(27-19(25)16-11-7-4-8-12-16)28-20-22(26)21(2)17(18(23)24)13-15-9-5-3-6-10-15/h3-12,14,17H,13H2,1-2H3,(H,23,24)/t14?,17-/m0/s1. The molecule has 0 fully saturated rings. The van der Waals surface area contributed by atoms with E-state index in [1.165, 1.54) is 14.0 Å². The summed E-state index contributed by atoms with van der Waals surface area (Å²) in [6.07, 6.45) is -1.05. The van der Waals surface area contributed by atoms with E-state index in [0.29, 0.717) is 5.56 Å². The fourth-order valence-electron chi connectivity index (χ4n) is 2.31. The second-order valence-electron chi connectivity index (χ2n) is 5.90. The maximum absolute atomic E-state index is 12.1. The van der Waals surface area contributed by atoms with Gasteiger partial charge in [0, 0.05) is 13.3 Å². The third-order valence-electron chi connectivity index (χ3n) is 3.83. The van der Waals surface area contributed by atoms with Gasteiger partial charge in [-0.2, -0.15) is 0 Å². The summed E-state index contributed by atoms with van der Waals surface area (Å²) in [5.41, 5.74) is 1.07. The third kappa shape index (κ3) is 5.97. The predicted molar refractivity (Wildman–Crippen MR) is 97.8 cm³/mol. The number of rotatable bonds is 9. The molecule has 0 aliphatic rings. The SMILES string of the molecule is CC(ON=[N+]([O-])N(C)[C@@H](Cc1ccccc1)C(=O)O)OC(=O)c1ccccc1. The van der Waals surface area contributed by atoms with Gasteiger partial charge in [0.2, 0.25) is 5.28 Å². The molecule has 2 rings (SSSR count). The van der Waals surface area contributed by atoms with Gasteiger partial charge in [-0.25, -0.2) is 9.59 Å². The Morgan fingerprint density at radius 3 is 2.29 bits per heavy atom. The molecule has 9 heteroatoms. The number of carboxylic acids is 1. The minimum absolute atomic E-state index is 0.00851. The highest BCUT2D eigenvalue weighted by molar-refractivity contribution is 5.89. The summed E-state index contributed by atoms with van der Waals surface area (Å²) in [6.45, 7) is 1.39. The zero-order valence-corrected chi connectivity index (χ0v) is 15.5. The molecular weight excluding hydrogens is 366 g/mol. The van der Waals surface area contributed by atoms with Crippen molar-refractivity contribution in [3.63, 3.8) is 0 Å². The fraction of sp³-hybridized carbons (Fsp3) is 0.263. The lowest BCUT2D eigenvalue weighted by atomic mass is 10.1. The molecule has 0 bridgehead atoms. The molecule has 0 saturated heterocycles. The second-order valence-corrected chi connectivity index (χ2v) is 5.90. The molecule has 2 atom stereocenters. The molecule has 0 heterocycles. The average molecular weight is 387 g/mol. The number of carboxylic acid groups (broad SMARTS) is 1. The van der Waals surface area contributed by atoms with Crippen LogP contribution >= 0.6 is 0 Å². The largest absolute Gasteiger partial charge is 0.569 e. The maximum atomic E-state index is 12.1. The van der Waals surface area contributed by atoms with E-state index in [4.69, 9.17) is 9.57 Å². The zero-order chi connectivity index (χ0) is 20.5. The van der Waals surface area contributed by atoms with E-state index in [1.807, 2.05) is 6.07 Å². The molecule has 1 unspecified atom stereocenters. The van der Waals surface area contributed by atoms with Gasteiger partial charge >= 0.3 is 11.9 Å². The van der Waals surface area contributed by atoms with Gasteiger partial charge in [-0.05, 0) is 17.7 Å². The Bertz CT molecular complexity index is 813. The Kier molecular flexibility index (Phi) is 7.32. The molecule has 0 saturated carbocycles. The van der Waals surface area contributed by atoms with Gasteiger partial charge in [-0.3, -0.25) is 4.84 Å². The number of carbonyl (C=O) groups is 2. The molecule has 148 valence electrons. The van der Waals surface area contributed by atoms with Crippen molar-refractivity contribution in [1.29, 1.82) is 0 Å². The molecule has 2 aromatic rings. The van der Waals surface area contributed by atoms with E-state index in [9.17, 15) is 19.9 Å². The first-order valence-corrected chi connectivity index (χ1v) is 8.48. The van der Waals surface area contributed by atoms with Crippen LogP contribution in [-0.4, -0.2) is 46.4 Å². The summed E-state index contributed by atoms with van der Waals surface area (Å²) >= 11 is 0. The van der Waals surface area contributed by atoms with Crippen molar-refractivity contribution in [3.8, 4) is 0 Å². The normalized spacial score (nSPS) is 13.3. The van der Waals surface area contributed by atoms with Crippen molar-refractivity contribution in [3.05, 3.63) is 77.0 Å². The number of nitrogens with zero attached hydrogens (tertiary/aromatic N) is 3. The van der Waals surface area contributed by atoms with Gasteiger partial charge in [0.05, 0.1) is 17.6 Å². The van der Waals surface area contributed by atoms with Crippen LogP contribution in [0.25, 0.3) is 0 Å². The van der Waals surface area contributed by atoms with Crippen LogP contribution in [0, 0.1) is 5.21 Å². The lowest BCUT2D eigenvalue weighted by Crippen LogP contribution is -2.44. The molecule has 1 N–H and O–H groups in total. The number of benzene rings is 2. The molecule has 9 nitrogen and oxygen atoms in total. The smallest absolute Gasteiger partial charge is 0.341 e. The van der Waals surface area contributed by atoms with E-state index in [-0.39, 0.29) is 11.4 Å². The van der Waals surface area contributed by atoms with E-state index in [1.54, 1.807) is 54.6 Å². The molecule has 0 aliphatic heterocycles. The molecule has 0 radical (unpaired) electrons. The minimum Gasteiger partial charge on any atom is -0.569 e. The molecular formula is C19H21N3O6. The number of carbonyl (C=O) groups excluding carboxylic acids is 1. The van der Waals surface area contributed by atoms with Gasteiger partial charge in [-0.15, -0.1) is 5.01 Å². The molecule has 2 aromatic carbocycles. The second kappa shape index (κ2) is 9.91. The van der Waals surface area contributed by atoms with Gasteiger partial charge in [0.1, 0.15) is 0 Å². The minimum atomic E-state index is -1.19. The predicted octanol–water partition coefficient (Wildman–Crippen LogP) is 2.63. The van der Waals surface area contributed by atoms with Crippen molar-refractivity contribution >= 4 is 11.9 Å². The van der Waals surface area contributed by atoms with E-state index in [2.05, 4.69) is 5.28 Å². The van der Waals surface area contributed by atoms with Crippen LogP contribution in [0.1, 0.15) is 22.8 Å². The van der Waals surface area contributed by atoms with Crippen LogP contribution < -0.4 is 0 Å². The highest BCUT2D eigenvalue weighted by atomic mass is 16.8. The monoisotopic (exact) mass is 387 g/mol. The maximum Gasteiger partial charge on any atom is 0.341 e. The highest BCUT2D eigenvalue weighted by Crippen LogP contribution is 2.10. The van der Waals surface area contributed by atoms with Crippen molar-refractivity contribution < 1.29 is 29.2 Å². The van der Waals surface area contributed by atoms with Gasteiger partial charge < -0.3 is 15.1 Å². The molecule has 0 amide bonds. The van der Waals surface area contributed by atoms with Gasteiger partial charge in [0.15, 0.2) is 6.04 Å². The average Bonchev–Trinajstić information content (AvgIpc) is 2.71. The van der Waals surface area contributed by atoms with Crippen molar-refractivity contribution in [2.45, 2.75) is 25.7 Å². The molecule has 0 aliphatic carbocycles. The lowest BCUT2D eigenvalue weighted by molar-refractivity contribution is -0.712. The Labute approximate surface area is 161 Å². The summed E-state index contributed by atoms with van der Waals surface area (Å²) in [7, 11) is 1.28. The Hall–Kier alpha value is -3.62. The number of aliphatic carboxylic acids is 1. The van der Waals surface area contributed by atoms with E-state index >= 15 is 0 Å². The number of ether oxygens (including phenoxy) is 1. The van der Waals surface area contributed by atoms with Crippen LogP contribution in [-0.2, 0) is 20.8 Å². The summed E-state index contributed by atoms with van der Waals surface area (Å²) in [5.74, 6) is -1.83. The number of hydrogen-bond donors (Lipinski definition) is 1. The summed E-state index contributed by atoms with van der Waals surface area (Å²) in [4.78, 5) is 28.3. The van der Waals surface area contributed by atoms with E-state index < -0.39 is 24.3 Å². The van der Waals surface area contributed by atoms with Crippen molar-refractivity contribution in [1.82, 2.24) is 5.01 Å². The van der Waals surface area contributed by atoms with Crippen LogP contribution in [0.5, 0.6) is 0 Å². The number of esters is 1. The van der Waals surface area contributed by atoms with E-state index in [0.717, 1.165) is 10.6 Å². The van der Waals surface area contributed by atoms with Gasteiger partial charge in [-0.1, -0.05) is 48.5 Å². The topological polar surface area (TPSA) is 114 Å². The number of hydrogen-bond acceptors (Lipinski definition) is 6. The third-order valence-corrected chi connectivity index (χ3v) is 3.83. The quantitative estimate of drug-likeness (QED) is 0.231. The van der Waals surface area contributed by atoms with Crippen LogP contribution in [0.4, 0.5) is 0 Å². The Balaban J connectivity index is 1.96. The Morgan fingerprint density at radius 1 is 1.14 bits per heavy atom. The molecule has 28 heavy (non-hydrogen) atoms. The summed E-state index contributed by atoms with van der Waals surface area (Å²) < 4.78 is 5.01. The zero-order valence-electron chi connectivity index (χ0n) is 15.5. The summed E-state index contributed by atoms with van der Waals surface area (Å²) in [5, 5.41) is 25.7. The van der Waals surface area contributed by atoms with Crippen LogP contribution in [0.2, 0.25) is 0 Å². The molecule has 0 aromatic heterocycles. The van der Waals surface area contributed by atoms with Crippen LogP contribution in [0.3, 0.4) is 0 Å². The Morgan fingerprint density at radius 2 is 1.71 bits per heavy atom. The first-order valence-electron chi connectivity index (χ1n) is 8.48. The number of hydrazine groups is 1. The first kappa shape index (κ1) is 20.7. The van der Waals surface area contributed by atoms with Crippen molar-refractivity contribution in [2.24, 2.45) is 5.28 Å². The van der Waals surface area contributed by atoms with Gasteiger partial charge in [0.25, 0.3) is 6.29 Å². The number of likely N-dealkylation sites (N-methyl/N-ethyl adjacent to an activating group) is 1. The summed E-state index contributed by atoms with van der Waals surface area (Å²) in [6, 6.07) is 16.0. The highest BCUT2D eigenvalue weighted by Gasteiger charge is 2.29. The van der Waals surface area contributed by atoms with Crippen molar-refractivity contribution in [2.75, 3.05) is 7.05 Å². The molecule has 0 spiro atoms. The first-order chi connectivity index (χ1) is 13.4. The van der Waals surface area contributed by atoms with Crippen LogP contribution in [0.15, 0.2) is 65.9 Å². The fourth-order valence-corrected chi connectivity index (χ4v) is 2.31. The lowest BCUT2D eigenvalue weighted by Gasteiger charge is -2.20.